The van der Waals surface area contributed by atoms with Gasteiger partial charge in [0.15, 0.2) is 0 Å². The summed E-state index contributed by atoms with van der Waals surface area (Å²) in [6.07, 6.45) is 0. The van der Waals surface area contributed by atoms with Gasteiger partial charge in [0.2, 0.25) is 0 Å². The zero-order valence-corrected chi connectivity index (χ0v) is 18.2. The summed E-state index contributed by atoms with van der Waals surface area (Å²) in [7, 11) is 1.35. The van der Waals surface area contributed by atoms with Gasteiger partial charge in [-0.15, -0.1) is 0 Å². The van der Waals surface area contributed by atoms with Gasteiger partial charge in [-0.3, -0.25) is 0 Å². The normalized spacial score (nSPS) is 15.5. The molecule has 0 fully saturated rings. The lowest BCUT2D eigenvalue weighted by Crippen LogP contribution is -2.46. The van der Waals surface area contributed by atoms with Crippen molar-refractivity contribution in [1.82, 2.24) is 4.90 Å². The zero-order valence-electron chi connectivity index (χ0n) is 17.2. The average Bonchev–Trinajstić information content (AvgIpc) is 2.88. The first kappa shape index (κ1) is 22.6. The molecular formula is C22H28N2O4S. The summed E-state index contributed by atoms with van der Waals surface area (Å²) < 4.78 is 10.8. The van der Waals surface area contributed by atoms with Crippen LogP contribution in [0.4, 0.5) is 10.5 Å². The van der Waals surface area contributed by atoms with E-state index < -0.39 is 5.97 Å². The van der Waals surface area contributed by atoms with Crippen molar-refractivity contribution in [2.24, 2.45) is 5.92 Å². The van der Waals surface area contributed by atoms with Crippen molar-refractivity contribution in [2.45, 2.75) is 33.4 Å². The lowest BCUT2D eigenvalue weighted by atomic mass is 10.0. The molecule has 0 unspecified atom stereocenters. The minimum atomic E-state index is -0.412. The van der Waals surface area contributed by atoms with E-state index in [1.165, 1.54) is 7.11 Å². The third kappa shape index (κ3) is 5.23. The molecule has 0 radical (unpaired) electrons. The fraction of sp³-hybridized carbons (Fsp3) is 0.364. The SMILES string of the molecule is COC(=O)c1ccc2c(c1)OC[C@H](C(C)C)N(C(=O)Nc1ccc(C)cc1)C2.S. The van der Waals surface area contributed by atoms with Gasteiger partial charge in [0.05, 0.1) is 25.3 Å². The van der Waals surface area contributed by atoms with Crippen molar-refractivity contribution >= 4 is 31.2 Å². The van der Waals surface area contributed by atoms with E-state index in [1.54, 1.807) is 17.0 Å². The van der Waals surface area contributed by atoms with Crippen LogP contribution in [0.2, 0.25) is 0 Å². The van der Waals surface area contributed by atoms with Crippen LogP contribution in [0.15, 0.2) is 42.5 Å². The molecule has 156 valence electrons. The number of methoxy groups -OCH3 is 1. The van der Waals surface area contributed by atoms with Gasteiger partial charge in [0.1, 0.15) is 12.4 Å². The fourth-order valence-electron chi connectivity index (χ4n) is 3.24. The predicted molar refractivity (Wildman–Crippen MR) is 118 cm³/mol. The Labute approximate surface area is 178 Å². The van der Waals surface area contributed by atoms with E-state index in [2.05, 4.69) is 19.2 Å². The van der Waals surface area contributed by atoms with Crippen LogP contribution in [-0.2, 0) is 11.3 Å². The molecule has 0 bridgehead atoms. The van der Waals surface area contributed by atoms with Crippen LogP contribution in [0.1, 0.15) is 35.3 Å². The first-order chi connectivity index (χ1) is 13.4. The third-order valence-electron chi connectivity index (χ3n) is 4.97. The summed E-state index contributed by atoms with van der Waals surface area (Å²) >= 11 is 0. The Morgan fingerprint density at radius 3 is 2.48 bits per heavy atom. The third-order valence-corrected chi connectivity index (χ3v) is 4.97. The van der Waals surface area contributed by atoms with Gasteiger partial charge in [-0.1, -0.05) is 37.6 Å². The number of esters is 1. The molecule has 2 aromatic rings. The highest BCUT2D eigenvalue weighted by atomic mass is 32.1. The molecule has 1 atom stereocenters. The van der Waals surface area contributed by atoms with Gasteiger partial charge in [-0.2, -0.15) is 13.5 Å². The smallest absolute Gasteiger partial charge is 0.337 e. The molecule has 1 aliphatic heterocycles. The van der Waals surface area contributed by atoms with Crippen molar-refractivity contribution in [3.05, 3.63) is 59.2 Å². The number of benzene rings is 2. The van der Waals surface area contributed by atoms with Gasteiger partial charge in [-0.25, -0.2) is 9.59 Å². The molecule has 1 aliphatic rings. The molecule has 1 heterocycles. The second kappa shape index (κ2) is 9.69. The van der Waals surface area contributed by atoms with E-state index >= 15 is 0 Å². The van der Waals surface area contributed by atoms with Crippen molar-refractivity contribution in [3.63, 3.8) is 0 Å². The molecule has 6 nitrogen and oxygen atoms in total. The summed E-state index contributed by atoms with van der Waals surface area (Å²) in [5.41, 5.74) is 3.18. The quantitative estimate of drug-likeness (QED) is 0.756. The molecule has 0 aliphatic carbocycles. The molecule has 1 N–H and O–H groups in total. The number of amides is 2. The maximum atomic E-state index is 13.0. The Hall–Kier alpha value is -2.67. The Bertz CT molecular complexity index is 868. The first-order valence-corrected chi connectivity index (χ1v) is 9.37. The Kier molecular flexibility index (Phi) is 7.56. The maximum Gasteiger partial charge on any atom is 0.337 e. The number of aryl methyl sites for hydroxylation is 1. The molecule has 0 saturated carbocycles. The lowest BCUT2D eigenvalue weighted by molar-refractivity contribution is 0.0600. The number of rotatable bonds is 3. The minimum Gasteiger partial charge on any atom is -0.491 e. The van der Waals surface area contributed by atoms with Gasteiger partial charge >= 0.3 is 12.0 Å². The van der Waals surface area contributed by atoms with E-state index in [0.717, 1.165) is 16.8 Å². The number of carbonyl (C=O) groups is 2. The highest BCUT2D eigenvalue weighted by Crippen LogP contribution is 2.29. The van der Waals surface area contributed by atoms with Crippen molar-refractivity contribution in [3.8, 4) is 5.75 Å². The van der Waals surface area contributed by atoms with Crippen LogP contribution >= 0.6 is 13.5 Å². The monoisotopic (exact) mass is 416 g/mol. The number of anilines is 1. The summed E-state index contributed by atoms with van der Waals surface area (Å²) in [5, 5.41) is 2.98. The molecule has 7 heteroatoms. The zero-order chi connectivity index (χ0) is 20.3. The highest BCUT2D eigenvalue weighted by molar-refractivity contribution is 7.59. The average molecular weight is 417 g/mol. The number of urea groups is 1. The molecule has 0 saturated heterocycles. The largest absolute Gasteiger partial charge is 0.491 e. The van der Waals surface area contributed by atoms with Crippen LogP contribution in [0.25, 0.3) is 0 Å². The standard InChI is InChI=1S/C22H26N2O4.H2S/c1-14(2)19-13-28-20-11-16(21(25)27-4)7-8-17(20)12-24(19)22(26)23-18-9-5-15(3)6-10-18;/h5-11,14,19H,12-13H2,1-4H3,(H,23,26);1H2/t19-;/m1./s1. The fourth-order valence-corrected chi connectivity index (χ4v) is 3.24. The topological polar surface area (TPSA) is 67.9 Å². The molecule has 2 aromatic carbocycles. The van der Waals surface area contributed by atoms with Crippen molar-refractivity contribution in [1.29, 1.82) is 0 Å². The number of hydrogen-bond acceptors (Lipinski definition) is 4. The number of fused-ring (bicyclic) bond motifs is 1. The van der Waals surface area contributed by atoms with Crippen LogP contribution in [0.5, 0.6) is 5.75 Å². The molecule has 0 spiro atoms. The molecule has 0 aromatic heterocycles. The number of nitrogens with zero attached hydrogens (tertiary/aromatic N) is 1. The van der Waals surface area contributed by atoms with Crippen LogP contribution < -0.4 is 10.1 Å². The predicted octanol–water partition coefficient (Wildman–Crippen LogP) is 4.35. The van der Waals surface area contributed by atoms with Gasteiger partial charge in [0.25, 0.3) is 0 Å². The van der Waals surface area contributed by atoms with Gasteiger partial charge in [0, 0.05) is 11.3 Å². The number of nitrogens with one attached hydrogen (secondary N) is 1. The Morgan fingerprint density at radius 1 is 1.17 bits per heavy atom. The number of hydrogen-bond donors (Lipinski definition) is 1. The summed E-state index contributed by atoms with van der Waals surface area (Å²) in [6, 6.07) is 12.6. The van der Waals surface area contributed by atoms with Crippen molar-refractivity contribution < 1.29 is 19.1 Å². The minimum absolute atomic E-state index is 0. The van der Waals surface area contributed by atoms with E-state index in [9.17, 15) is 9.59 Å². The maximum absolute atomic E-state index is 13.0. The lowest BCUT2D eigenvalue weighted by Gasteiger charge is -2.32. The van der Waals surface area contributed by atoms with Crippen LogP contribution in [0.3, 0.4) is 0 Å². The van der Waals surface area contributed by atoms with E-state index in [1.807, 2.05) is 37.3 Å². The van der Waals surface area contributed by atoms with Gasteiger partial charge in [-0.05, 0) is 37.1 Å². The Morgan fingerprint density at radius 2 is 1.86 bits per heavy atom. The van der Waals surface area contributed by atoms with Crippen molar-refractivity contribution in [2.75, 3.05) is 19.0 Å². The van der Waals surface area contributed by atoms with E-state index in [-0.39, 0.29) is 31.5 Å². The first-order valence-electron chi connectivity index (χ1n) is 9.37. The molecule has 29 heavy (non-hydrogen) atoms. The molecule has 3 rings (SSSR count). The summed E-state index contributed by atoms with van der Waals surface area (Å²) in [6.45, 7) is 6.89. The van der Waals surface area contributed by atoms with Crippen LogP contribution in [0, 0.1) is 12.8 Å². The highest BCUT2D eigenvalue weighted by Gasteiger charge is 2.31. The summed E-state index contributed by atoms with van der Waals surface area (Å²) in [5.74, 6) is 0.405. The Balaban J connectivity index is 0.00000300. The van der Waals surface area contributed by atoms with Crippen LogP contribution in [-0.4, -0.2) is 36.7 Å². The van der Waals surface area contributed by atoms with E-state index in [4.69, 9.17) is 9.47 Å². The molecule has 2 amide bonds. The number of ether oxygens (including phenoxy) is 2. The number of carbonyl (C=O) groups excluding carboxylic acids is 2. The second-order valence-electron chi connectivity index (χ2n) is 7.36. The summed E-state index contributed by atoms with van der Waals surface area (Å²) in [4.78, 5) is 26.6. The second-order valence-corrected chi connectivity index (χ2v) is 7.36. The molecular weight excluding hydrogens is 388 g/mol. The van der Waals surface area contributed by atoms with E-state index in [0.29, 0.717) is 24.5 Å². The van der Waals surface area contributed by atoms with Gasteiger partial charge < -0.3 is 19.7 Å².